The average Bonchev–Trinajstić information content (AvgIpc) is 3.13. The van der Waals surface area contributed by atoms with Gasteiger partial charge in [-0.15, -0.1) is 0 Å². The van der Waals surface area contributed by atoms with Crippen molar-refractivity contribution in [1.29, 1.82) is 0 Å². The van der Waals surface area contributed by atoms with Gasteiger partial charge in [0.2, 0.25) is 5.91 Å². The van der Waals surface area contributed by atoms with Gasteiger partial charge in [0.1, 0.15) is 11.5 Å². The number of anilines is 1. The van der Waals surface area contributed by atoms with E-state index in [2.05, 4.69) is 5.32 Å². The van der Waals surface area contributed by atoms with Gasteiger partial charge in [-0.25, -0.2) is 0 Å². The van der Waals surface area contributed by atoms with Gasteiger partial charge >= 0.3 is 0 Å². The zero-order valence-corrected chi connectivity index (χ0v) is 13.4. The zero-order chi connectivity index (χ0) is 15.5. The van der Waals surface area contributed by atoms with Gasteiger partial charge in [-0.2, -0.15) is 0 Å². The van der Waals surface area contributed by atoms with Crippen LogP contribution in [0, 0.1) is 17.8 Å². The number of ether oxygens (including phenoxy) is 2. The number of hydrogen-bond donors (Lipinski definition) is 1. The molecule has 1 aromatic rings. The van der Waals surface area contributed by atoms with E-state index in [-0.39, 0.29) is 11.8 Å². The average molecular weight is 303 g/mol. The third-order valence-corrected chi connectivity index (χ3v) is 4.89. The van der Waals surface area contributed by atoms with Gasteiger partial charge in [-0.05, 0) is 57.1 Å². The summed E-state index contributed by atoms with van der Waals surface area (Å²) in [6.07, 6.45) is 4.79. The van der Waals surface area contributed by atoms with Crippen molar-refractivity contribution in [3.8, 4) is 11.5 Å². The molecule has 3 atom stereocenters. The minimum absolute atomic E-state index is 0.141. The smallest absolute Gasteiger partial charge is 0.227 e. The van der Waals surface area contributed by atoms with E-state index in [9.17, 15) is 4.79 Å². The van der Waals surface area contributed by atoms with Crippen LogP contribution < -0.4 is 14.8 Å². The molecule has 3 rings (SSSR count). The molecular formula is C18H25NO3. The molecule has 3 unspecified atom stereocenters. The van der Waals surface area contributed by atoms with Crippen molar-refractivity contribution < 1.29 is 14.3 Å². The Labute approximate surface area is 132 Å². The molecule has 0 aromatic heterocycles. The summed E-state index contributed by atoms with van der Waals surface area (Å²) in [5, 5.41) is 3.08. The van der Waals surface area contributed by atoms with E-state index in [1.807, 2.05) is 32.0 Å². The highest BCUT2D eigenvalue weighted by Crippen LogP contribution is 2.48. The predicted octanol–water partition coefficient (Wildman–Crippen LogP) is 3.86. The summed E-state index contributed by atoms with van der Waals surface area (Å²) in [7, 11) is 0. The first kappa shape index (κ1) is 15.2. The molecule has 0 radical (unpaired) electrons. The summed E-state index contributed by atoms with van der Waals surface area (Å²) in [6.45, 7) is 5.07. The molecule has 0 aliphatic heterocycles. The van der Waals surface area contributed by atoms with Crippen LogP contribution in [0.1, 0.15) is 39.5 Å². The highest BCUT2D eigenvalue weighted by Gasteiger charge is 2.43. The first-order valence-electron chi connectivity index (χ1n) is 8.41. The fourth-order valence-electron chi connectivity index (χ4n) is 3.94. The number of amides is 1. The normalized spacial score (nSPS) is 26.0. The number of nitrogens with one attached hydrogen (secondary N) is 1. The van der Waals surface area contributed by atoms with E-state index in [0.717, 1.165) is 23.8 Å². The molecule has 0 saturated heterocycles. The maximum atomic E-state index is 12.6. The summed E-state index contributed by atoms with van der Waals surface area (Å²) in [6, 6.07) is 5.60. The first-order valence-corrected chi connectivity index (χ1v) is 8.41. The van der Waals surface area contributed by atoms with Gasteiger partial charge in [-0.1, -0.05) is 6.42 Å². The van der Waals surface area contributed by atoms with E-state index in [1.165, 1.54) is 19.3 Å². The van der Waals surface area contributed by atoms with Gasteiger partial charge in [0, 0.05) is 12.0 Å². The van der Waals surface area contributed by atoms with Gasteiger partial charge in [-0.3, -0.25) is 4.79 Å². The van der Waals surface area contributed by atoms with Gasteiger partial charge in [0.25, 0.3) is 0 Å². The Hall–Kier alpha value is -1.71. The van der Waals surface area contributed by atoms with Crippen LogP contribution in [0.25, 0.3) is 0 Å². The Morgan fingerprint density at radius 2 is 2.00 bits per heavy atom. The maximum Gasteiger partial charge on any atom is 0.227 e. The van der Waals surface area contributed by atoms with Crippen molar-refractivity contribution in [1.82, 2.24) is 0 Å². The Balaban J connectivity index is 1.74. The third kappa shape index (κ3) is 3.06. The Bertz CT molecular complexity index is 543. The SMILES string of the molecule is CCOc1ccc(OCC)c(NC(=O)C2CC3CCC2C3)c1. The Morgan fingerprint density at radius 1 is 1.18 bits per heavy atom. The molecule has 2 aliphatic carbocycles. The molecule has 120 valence electrons. The number of carbonyl (C=O) groups is 1. The van der Waals surface area contributed by atoms with Gasteiger partial charge in [0.15, 0.2) is 0 Å². The van der Waals surface area contributed by atoms with Crippen LogP contribution in [0.4, 0.5) is 5.69 Å². The molecule has 0 heterocycles. The van der Waals surface area contributed by atoms with Crippen molar-refractivity contribution in [3.63, 3.8) is 0 Å². The predicted molar refractivity (Wildman–Crippen MR) is 86.3 cm³/mol. The summed E-state index contributed by atoms with van der Waals surface area (Å²) in [5.74, 6) is 3.12. The Kier molecular flexibility index (Phi) is 4.55. The largest absolute Gasteiger partial charge is 0.494 e. The topological polar surface area (TPSA) is 47.6 Å². The van der Waals surface area contributed by atoms with Crippen LogP contribution in [-0.4, -0.2) is 19.1 Å². The second-order valence-corrected chi connectivity index (χ2v) is 6.29. The number of hydrogen-bond acceptors (Lipinski definition) is 3. The minimum atomic E-state index is 0.141. The van der Waals surface area contributed by atoms with Crippen molar-refractivity contribution in [2.75, 3.05) is 18.5 Å². The summed E-state index contributed by atoms with van der Waals surface area (Å²) in [4.78, 5) is 12.6. The standard InChI is InChI=1S/C18H25NO3/c1-3-21-14-7-8-17(22-4-2)16(11-14)19-18(20)15-10-12-5-6-13(15)9-12/h7-8,11-13,15H,3-6,9-10H2,1-2H3,(H,19,20). The van der Waals surface area contributed by atoms with Gasteiger partial charge < -0.3 is 14.8 Å². The quantitative estimate of drug-likeness (QED) is 0.868. The van der Waals surface area contributed by atoms with Gasteiger partial charge in [0.05, 0.1) is 18.9 Å². The maximum absolute atomic E-state index is 12.6. The molecule has 4 heteroatoms. The molecule has 2 bridgehead atoms. The molecule has 1 aromatic carbocycles. The van der Waals surface area contributed by atoms with Crippen LogP contribution in [-0.2, 0) is 4.79 Å². The molecule has 1 amide bonds. The lowest BCUT2D eigenvalue weighted by Gasteiger charge is -2.22. The molecule has 4 nitrogen and oxygen atoms in total. The molecule has 0 spiro atoms. The zero-order valence-electron chi connectivity index (χ0n) is 13.4. The number of rotatable bonds is 6. The lowest BCUT2D eigenvalue weighted by molar-refractivity contribution is -0.121. The molecule has 22 heavy (non-hydrogen) atoms. The molecule has 2 saturated carbocycles. The first-order chi connectivity index (χ1) is 10.7. The highest BCUT2D eigenvalue weighted by molar-refractivity contribution is 5.94. The fourth-order valence-corrected chi connectivity index (χ4v) is 3.94. The van der Waals surface area contributed by atoms with Crippen LogP contribution >= 0.6 is 0 Å². The van der Waals surface area contributed by atoms with Crippen LogP contribution in [0.15, 0.2) is 18.2 Å². The van der Waals surface area contributed by atoms with Crippen LogP contribution in [0.5, 0.6) is 11.5 Å². The van der Waals surface area contributed by atoms with E-state index in [4.69, 9.17) is 9.47 Å². The molecule has 2 aliphatic rings. The Morgan fingerprint density at radius 3 is 2.64 bits per heavy atom. The molecule has 2 fully saturated rings. The summed E-state index contributed by atoms with van der Waals surface area (Å²) < 4.78 is 11.2. The van der Waals surface area contributed by atoms with Crippen molar-refractivity contribution in [2.45, 2.75) is 39.5 Å². The summed E-state index contributed by atoms with van der Waals surface area (Å²) in [5.41, 5.74) is 0.723. The third-order valence-electron chi connectivity index (χ3n) is 4.89. The highest BCUT2D eigenvalue weighted by atomic mass is 16.5. The van der Waals surface area contributed by atoms with Crippen molar-refractivity contribution in [3.05, 3.63) is 18.2 Å². The van der Waals surface area contributed by atoms with E-state index < -0.39 is 0 Å². The molecular weight excluding hydrogens is 278 g/mol. The number of carbonyl (C=O) groups excluding carboxylic acids is 1. The van der Waals surface area contributed by atoms with E-state index in [0.29, 0.717) is 24.9 Å². The molecule has 1 N–H and O–H groups in total. The fraction of sp³-hybridized carbons (Fsp3) is 0.611. The number of benzene rings is 1. The second-order valence-electron chi connectivity index (χ2n) is 6.29. The van der Waals surface area contributed by atoms with Crippen molar-refractivity contribution >= 4 is 11.6 Å². The van der Waals surface area contributed by atoms with E-state index >= 15 is 0 Å². The van der Waals surface area contributed by atoms with Crippen LogP contribution in [0.3, 0.4) is 0 Å². The summed E-state index contributed by atoms with van der Waals surface area (Å²) >= 11 is 0. The minimum Gasteiger partial charge on any atom is -0.494 e. The lowest BCUT2D eigenvalue weighted by atomic mass is 9.88. The lowest BCUT2D eigenvalue weighted by Crippen LogP contribution is -2.27. The van der Waals surface area contributed by atoms with E-state index in [1.54, 1.807) is 0 Å². The monoisotopic (exact) mass is 303 g/mol. The van der Waals surface area contributed by atoms with Crippen LogP contribution in [0.2, 0.25) is 0 Å². The van der Waals surface area contributed by atoms with Crippen molar-refractivity contribution in [2.24, 2.45) is 17.8 Å². The second kappa shape index (κ2) is 6.59. The number of fused-ring (bicyclic) bond motifs is 2.